The number of amides is 1. The molecule has 1 rings (SSSR count). The second kappa shape index (κ2) is 8.19. The van der Waals surface area contributed by atoms with Crippen molar-refractivity contribution in [3.8, 4) is 5.75 Å². The van der Waals surface area contributed by atoms with Crippen LogP contribution in [0.3, 0.4) is 0 Å². The number of rotatable bonds is 8. The van der Waals surface area contributed by atoms with Crippen molar-refractivity contribution in [2.45, 2.75) is 32.7 Å². The van der Waals surface area contributed by atoms with Crippen molar-refractivity contribution in [1.82, 2.24) is 4.90 Å². The van der Waals surface area contributed by atoms with Crippen LogP contribution in [0.1, 0.15) is 26.7 Å². The first-order chi connectivity index (χ1) is 9.54. The van der Waals surface area contributed by atoms with Crippen LogP contribution < -0.4 is 4.74 Å². The summed E-state index contributed by atoms with van der Waals surface area (Å²) in [5, 5.41) is 8.74. The number of hydrogen-bond donors (Lipinski definition) is 1. The summed E-state index contributed by atoms with van der Waals surface area (Å²) >= 11 is 0. The second-order valence-corrected chi connectivity index (χ2v) is 4.59. The highest BCUT2D eigenvalue weighted by Gasteiger charge is 2.20. The number of hydrogen-bond acceptors (Lipinski definition) is 3. The van der Waals surface area contributed by atoms with Gasteiger partial charge in [-0.3, -0.25) is 9.59 Å². The van der Waals surface area contributed by atoms with Gasteiger partial charge in [-0.05, 0) is 25.5 Å². The molecule has 1 aromatic carbocycles. The molecule has 1 amide bonds. The number of ether oxygens (including phenoxy) is 1. The van der Waals surface area contributed by atoms with Gasteiger partial charge in [0.25, 0.3) is 5.91 Å². The van der Waals surface area contributed by atoms with Crippen LogP contribution >= 0.6 is 0 Å². The third-order valence-electron chi connectivity index (χ3n) is 3.12. The number of carboxylic acids is 1. The van der Waals surface area contributed by atoms with Crippen LogP contribution in [0.4, 0.5) is 0 Å². The first-order valence-electron chi connectivity index (χ1n) is 6.73. The predicted octanol–water partition coefficient (Wildman–Crippen LogP) is 2.17. The van der Waals surface area contributed by atoms with Gasteiger partial charge in [0.05, 0.1) is 6.42 Å². The van der Waals surface area contributed by atoms with Gasteiger partial charge in [0.2, 0.25) is 0 Å². The van der Waals surface area contributed by atoms with Gasteiger partial charge < -0.3 is 14.7 Å². The molecule has 0 heterocycles. The van der Waals surface area contributed by atoms with Crippen molar-refractivity contribution in [3.63, 3.8) is 0 Å². The van der Waals surface area contributed by atoms with E-state index in [4.69, 9.17) is 9.84 Å². The fraction of sp³-hybridized carbons (Fsp3) is 0.467. The maximum atomic E-state index is 12.1. The number of carbonyl (C=O) groups is 2. The van der Waals surface area contributed by atoms with E-state index in [1.165, 1.54) is 0 Å². The average molecular weight is 279 g/mol. The monoisotopic (exact) mass is 279 g/mol. The fourth-order valence-corrected chi connectivity index (χ4v) is 1.77. The number of carbonyl (C=O) groups excluding carboxylic acids is 1. The minimum atomic E-state index is -0.907. The summed E-state index contributed by atoms with van der Waals surface area (Å²) in [6.07, 6.45) is 0.720. The molecule has 0 aliphatic carbocycles. The first kappa shape index (κ1) is 16.0. The summed E-state index contributed by atoms with van der Waals surface area (Å²) in [6.45, 7) is 4.00. The summed E-state index contributed by atoms with van der Waals surface area (Å²) in [5.74, 6) is -0.470. The molecule has 0 aromatic heterocycles. The maximum Gasteiger partial charge on any atom is 0.305 e. The molecule has 110 valence electrons. The standard InChI is InChI=1S/C15H21NO4/c1-3-12(2)16(10-9-15(18)19)14(17)11-20-13-7-5-4-6-8-13/h4-8,12H,3,9-11H2,1-2H3,(H,18,19). The van der Waals surface area contributed by atoms with Crippen molar-refractivity contribution in [3.05, 3.63) is 30.3 Å². The summed E-state index contributed by atoms with van der Waals surface area (Å²) in [7, 11) is 0. The van der Waals surface area contributed by atoms with Crippen LogP contribution in [-0.4, -0.2) is 41.1 Å². The van der Waals surface area contributed by atoms with Crippen LogP contribution in [0.15, 0.2) is 30.3 Å². The number of aliphatic carboxylic acids is 1. The van der Waals surface area contributed by atoms with Crippen molar-refractivity contribution < 1.29 is 19.4 Å². The molecular weight excluding hydrogens is 258 g/mol. The molecule has 1 atom stereocenters. The zero-order valence-electron chi connectivity index (χ0n) is 11.9. The Kier molecular flexibility index (Phi) is 6.56. The molecule has 0 aliphatic rings. The van der Waals surface area contributed by atoms with E-state index in [-0.39, 0.29) is 31.5 Å². The van der Waals surface area contributed by atoms with E-state index < -0.39 is 5.97 Å². The summed E-state index contributed by atoms with van der Waals surface area (Å²) in [5.41, 5.74) is 0. The Hall–Kier alpha value is -2.04. The molecule has 1 N–H and O–H groups in total. The van der Waals surface area contributed by atoms with E-state index in [1.54, 1.807) is 17.0 Å². The summed E-state index contributed by atoms with van der Waals surface area (Å²) < 4.78 is 5.41. The minimum absolute atomic E-state index is 0.00113. The fourth-order valence-electron chi connectivity index (χ4n) is 1.77. The van der Waals surface area contributed by atoms with Crippen molar-refractivity contribution in [1.29, 1.82) is 0 Å². The molecule has 1 unspecified atom stereocenters. The Morgan fingerprint density at radius 1 is 1.30 bits per heavy atom. The average Bonchev–Trinajstić information content (AvgIpc) is 2.45. The zero-order valence-corrected chi connectivity index (χ0v) is 11.9. The van der Waals surface area contributed by atoms with E-state index in [0.29, 0.717) is 5.75 Å². The predicted molar refractivity (Wildman–Crippen MR) is 75.7 cm³/mol. The number of nitrogens with zero attached hydrogens (tertiary/aromatic N) is 1. The van der Waals surface area contributed by atoms with Gasteiger partial charge in [0.1, 0.15) is 5.75 Å². The number of benzene rings is 1. The van der Waals surface area contributed by atoms with Crippen LogP contribution in [0.5, 0.6) is 5.75 Å². The summed E-state index contributed by atoms with van der Waals surface area (Å²) in [6, 6.07) is 9.08. The van der Waals surface area contributed by atoms with Gasteiger partial charge in [0, 0.05) is 12.6 Å². The van der Waals surface area contributed by atoms with E-state index in [9.17, 15) is 9.59 Å². The van der Waals surface area contributed by atoms with Gasteiger partial charge in [0.15, 0.2) is 6.61 Å². The highest BCUT2D eigenvalue weighted by Crippen LogP contribution is 2.10. The Bertz CT molecular complexity index is 433. The molecule has 1 aromatic rings. The lowest BCUT2D eigenvalue weighted by atomic mass is 10.2. The van der Waals surface area contributed by atoms with Crippen molar-refractivity contribution in [2.24, 2.45) is 0 Å². The lowest BCUT2D eigenvalue weighted by Gasteiger charge is -2.28. The van der Waals surface area contributed by atoms with Gasteiger partial charge in [-0.1, -0.05) is 25.1 Å². The quantitative estimate of drug-likeness (QED) is 0.792. The molecular formula is C15H21NO4. The first-order valence-corrected chi connectivity index (χ1v) is 6.73. The zero-order chi connectivity index (χ0) is 15.0. The molecule has 0 radical (unpaired) electrons. The van der Waals surface area contributed by atoms with Gasteiger partial charge >= 0.3 is 5.97 Å². The Morgan fingerprint density at radius 3 is 2.50 bits per heavy atom. The summed E-state index contributed by atoms with van der Waals surface area (Å²) in [4.78, 5) is 24.4. The van der Waals surface area contributed by atoms with E-state index >= 15 is 0 Å². The van der Waals surface area contributed by atoms with Gasteiger partial charge in [-0.25, -0.2) is 0 Å². The number of para-hydroxylation sites is 1. The molecule has 0 saturated carbocycles. The normalized spacial score (nSPS) is 11.7. The molecule has 5 nitrogen and oxygen atoms in total. The van der Waals surface area contributed by atoms with Crippen LogP contribution in [-0.2, 0) is 9.59 Å². The number of carboxylic acid groups (broad SMARTS) is 1. The van der Waals surface area contributed by atoms with E-state index in [2.05, 4.69) is 0 Å². The highest BCUT2D eigenvalue weighted by molar-refractivity contribution is 5.78. The van der Waals surface area contributed by atoms with Crippen LogP contribution in [0.25, 0.3) is 0 Å². The van der Waals surface area contributed by atoms with Gasteiger partial charge in [-0.2, -0.15) is 0 Å². The highest BCUT2D eigenvalue weighted by atomic mass is 16.5. The van der Waals surface area contributed by atoms with Crippen molar-refractivity contribution in [2.75, 3.05) is 13.2 Å². The van der Waals surface area contributed by atoms with Crippen LogP contribution in [0, 0.1) is 0 Å². The smallest absolute Gasteiger partial charge is 0.305 e. The molecule has 0 bridgehead atoms. The SMILES string of the molecule is CCC(C)N(CCC(=O)O)C(=O)COc1ccccc1. The minimum Gasteiger partial charge on any atom is -0.484 e. The molecule has 5 heteroatoms. The maximum absolute atomic E-state index is 12.1. The van der Waals surface area contributed by atoms with Gasteiger partial charge in [-0.15, -0.1) is 0 Å². The topological polar surface area (TPSA) is 66.8 Å². The lowest BCUT2D eigenvalue weighted by molar-refractivity contribution is -0.140. The molecule has 0 spiro atoms. The second-order valence-electron chi connectivity index (χ2n) is 4.59. The Morgan fingerprint density at radius 2 is 1.95 bits per heavy atom. The van der Waals surface area contributed by atoms with E-state index in [0.717, 1.165) is 6.42 Å². The molecule has 0 fully saturated rings. The lowest BCUT2D eigenvalue weighted by Crippen LogP contribution is -2.42. The third-order valence-corrected chi connectivity index (χ3v) is 3.12. The molecule has 0 aliphatic heterocycles. The van der Waals surface area contributed by atoms with Crippen molar-refractivity contribution >= 4 is 11.9 Å². The van der Waals surface area contributed by atoms with Crippen LogP contribution in [0.2, 0.25) is 0 Å². The Labute approximate surface area is 119 Å². The van der Waals surface area contributed by atoms with E-state index in [1.807, 2.05) is 32.0 Å². The Balaban J connectivity index is 2.56. The molecule has 0 saturated heterocycles. The molecule has 20 heavy (non-hydrogen) atoms. The largest absolute Gasteiger partial charge is 0.484 e. The third kappa shape index (κ3) is 5.30.